The lowest BCUT2D eigenvalue weighted by Gasteiger charge is -2.08. The quantitative estimate of drug-likeness (QED) is 0.635. The van der Waals surface area contributed by atoms with E-state index in [0.717, 1.165) is 16.7 Å². The minimum Gasteiger partial charge on any atom is -0.460 e. The zero-order valence-corrected chi connectivity index (χ0v) is 11.4. The molecule has 0 radical (unpaired) electrons. The zero-order chi connectivity index (χ0) is 14.8. The zero-order valence-electron chi connectivity index (χ0n) is 11.4. The number of nitrogens with zero attached hydrogens (tertiary/aromatic N) is 1. The molecule has 2 aromatic carbocycles. The molecule has 0 aliphatic carbocycles. The Hall–Kier alpha value is -2.66. The number of hydrogen-bond acceptors (Lipinski definition) is 4. The van der Waals surface area contributed by atoms with Crippen LogP contribution in [-0.2, 0) is 9.47 Å². The fourth-order valence-electron chi connectivity index (χ4n) is 2.30. The molecule has 0 bridgehead atoms. The van der Waals surface area contributed by atoms with Crippen molar-refractivity contribution in [3.05, 3.63) is 75.3 Å². The fraction of sp³-hybridized carbons (Fsp3) is 0.125. The predicted molar refractivity (Wildman–Crippen MR) is 78.2 cm³/mol. The second-order valence-corrected chi connectivity index (χ2v) is 4.63. The van der Waals surface area contributed by atoms with Crippen molar-refractivity contribution in [2.75, 3.05) is 7.11 Å². The molecule has 3 rings (SSSR count). The minimum atomic E-state index is -0.417. The Bertz CT molecular complexity index is 706. The van der Waals surface area contributed by atoms with E-state index in [4.69, 9.17) is 9.47 Å². The van der Waals surface area contributed by atoms with Crippen molar-refractivity contribution in [3.8, 4) is 0 Å². The van der Waals surface area contributed by atoms with Crippen molar-refractivity contribution in [2.24, 2.45) is 0 Å². The smallest absolute Gasteiger partial charge is 0.269 e. The van der Waals surface area contributed by atoms with E-state index in [1.807, 2.05) is 30.3 Å². The Kier molecular flexibility index (Phi) is 3.41. The molecule has 1 heterocycles. The Balaban J connectivity index is 1.95. The highest BCUT2D eigenvalue weighted by Crippen LogP contribution is 2.39. The minimum absolute atomic E-state index is 0.0691. The van der Waals surface area contributed by atoms with Crippen LogP contribution < -0.4 is 0 Å². The number of hydrogen-bond donors (Lipinski definition) is 0. The molecule has 0 fully saturated rings. The van der Waals surface area contributed by atoms with E-state index in [9.17, 15) is 10.1 Å². The van der Waals surface area contributed by atoms with Crippen molar-refractivity contribution in [2.45, 2.75) is 6.29 Å². The van der Waals surface area contributed by atoms with Gasteiger partial charge < -0.3 is 9.47 Å². The first-order chi connectivity index (χ1) is 10.2. The molecule has 2 aromatic rings. The standard InChI is InChI=1S/C16H13NO4/c1-20-16-14-5-3-2-4-13(14)15(21-16)10-11-6-8-12(9-7-11)17(18)19/h2-10,16H,1H3/b15-10-. The number of ether oxygens (including phenoxy) is 2. The van der Waals surface area contributed by atoms with E-state index in [1.165, 1.54) is 12.1 Å². The third kappa shape index (κ3) is 2.51. The Morgan fingerprint density at radius 3 is 2.57 bits per heavy atom. The molecule has 0 saturated carbocycles. The molecule has 5 heteroatoms. The van der Waals surface area contributed by atoms with Gasteiger partial charge in [-0.25, -0.2) is 0 Å². The van der Waals surface area contributed by atoms with Gasteiger partial charge in [0.15, 0.2) is 0 Å². The molecule has 1 aliphatic rings. The fourth-order valence-corrected chi connectivity index (χ4v) is 2.30. The number of benzene rings is 2. The highest BCUT2D eigenvalue weighted by Gasteiger charge is 2.27. The summed E-state index contributed by atoms with van der Waals surface area (Å²) in [6, 6.07) is 14.1. The first-order valence-electron chi connectivity index (χ1n) is 6.44. The summed E-state index contributed by atoms with van der Waals surface area (Å²) in [7, 11) is 1.59. The average Bonchev–Trinajstić information content (AvgIpc) is 2.86. The van der Waals surface area contributed by atoms with E-state index in [1.54, 1.807) is 19.2 Å². The number of nitro groups is 1. The summed E-state index contributed by atoms with van der Waals surface area (Å²) in [6.07, 6.45) is 1.44. The molecule has 0 aromatic heterocycles. The highest BCUT2D eigenvalue weighted by atomic mass is 16.7. The van der Waals surface area contributed by atoms with Gasteiger partial charge in [-0.15, -0.1) is 0 Å². The summed E-state index contributed by atoms with van der Waals surface area (Å²) < 4.78 is 11.1. The summed E-state index contributed by atoms with van der Waals surface area (Å²) in [5.74, 6) is 0.700. The maximum atomic E-state index is 10.7. The Labute approximate surface area is 121 Å². The topological polar surface area (TPSA) is 61.6 Å². The first-order valence-corrected chi connectivity index (χ1v) is 6.44. The van der Waals surface area contributed by atoms with Gasteiger partial charge in [0, 0.05) is 30.4 Å². The number of non-ortho nitro benzene ring substituents is 1. The summed E-state index contributed by atoms with van der Waals surface area (Å²) >= 11 is 0. The highest BCUT2D eigenvalue weighted by molar-refractivity contribution is 5.81. The largest absolute Gasteiger partial charge is 0.460 e. The summed E-state index contributed by atoms with van der Waals surface area (Å²) in [6.45, 7) is 0. The molecule has 0 saturated heterocycles. The molecule has 1 unspecified atom stereocenters. The number of methoxy groups -OCH3 is 1. The van der Waals surface area contributed by atoms with Crippen LogP contribution in [0.4, 0.5) is 5.69 Å². The van der Waals surface area contributed by atoms with Gasteiger partial charge in [-0.05, 0) is 23.8 Å². The first kappa shape index (κ1) is 13.3. The number of fused-ring (bicyclic) bond motifs is 1. The van der Waals surface area contributed by atoms with Gasteiger partial charge in [0.25, 0.3) is 5.69 Å². The average molecular weight is 283 g/mol. The van der Waals surface area contributed by atoms with Crippen molar-refractivity contribution in [1.82, 2.24) is 0 Å². The van der Waals surface area contributed by atoms with Gasteiger partial charge in [0.2, 0.25) is 6.29 Å². The molecular weight excluding hydrogens is 270 g/mol. The monoisotopic (exact) mass is 283 g/mol. The van der Waals surface area contributed by atoms with Crippen molar-refractivity contribution < 1.29 is 14.4 Å². The summed E-state index contributed by atoms with van der Waals surface area (Å²) in [5, 5.41) is 10.7. The van der Waals surface area contributed by atoms with Gasteiger partial charge in [-0.3, -0.25) is 10.1 Å². The van der Waals surface area contributed by atoms with Crippen LogP contribution in [0.5, 0.6) is 0 Å². The maximum absolute atomic E-state index is 10.7. The number of rotatable bonds is 3. The van der Waals surface area contributed by atoms with Gasteiger partial charge in [-0.2, -0.15) is 0 Å². The van der Waals surface area contributed by atoms with Crippen molar-refractivity contribution in [1.29, 1.82) is 0 Å². The van der Waals surface area contributed by atoms with Gasteiger partial charge in [0.05, 0.1) is 4.92 Å². The lowest BCUT2D eigenvalue weighted by molar-refractivity contribution is -0.384. The second kappa shape index (κ2) is 5.38. The summed E-state index contributed by atoms with van der Waals surface area (Å²) in [5.41, 5.74) is 2.86. The van der Waals surface area contributed by atoms with Crippen LogP contribution in [0.1, 0.15) is 23.0 Å². The SMILES string of the molecule is COC1O/C(=C\c2ccc([N+](=O)[O-])cc2)c2ccccc21. The summed E-state index contributed by atoms with van der Waals surface area (Å²) in [4.78, 5) is 10.2. The molecular formula is C16H13NO4. The van der Waals surface area contributed by atoms with Gasteiger partial charge >= 0.3 is 0 Å². The normalized spacial score (nSPS) is 18.3. The van der Waals surface area contributed by atoms with Crippen LogP contribution in [0.15, 0.2) is 48.5 Å². The van der Waals surface area contributed by atoms with E-state index in [2.05, 4.69) is 0 Å². The van der Waals surface area contributed by atoms with E-state index < -0.39 is 11.2 Å². The third-order valence-electron chi connectivity index (χ3n) is 3.33. The number of nitro benzene ring substituents is 1. The second-order valence-electron chi connectivity index (χ2n) is 4.63. The Morgan fingerprint density at radius 1 is 1.19 bits per heavy atom. The van der Waals surface area contributed by atoms with Crippen LogP contribution >= 0.6 is 0 Å². The van der Waals surface area contributed by atoms with Crippen molar-refractivity contribution in [3.63, 3.8) is 0 Å². The van der Waals surface area contributed by atoms with Gasteiger partial charge in [0.1, 0.15) is 5.76 Å². The maximum Gasteiger partial charge on any atom is 0.269 e. The molecule has 1 aliphatic heterocycles. The van der Waals surface area contributed by atoms with Crippen LogP contribution in [0, 0.1) is 10.1 Å². The molecule has 0 amide bonds. The van der Waals surface area contributed by atoms with E-state index in [-0.39, 0.29) is 5.69 Å². The predicted octanol–water partition coefficient (Wildman–Crippen LogP) is 3.77. The molecule has 106 valence electrons. The molecule has 0 spiro atoms. The molecule has 0 N–H and O–H groups in total. The third-order valence-corrected chi connectivity index (χ3v) is 3.33. The van der Waals surface area contributed by atoms with Crippen LogP contribution in [0.2, 0.25) is 0 Å². The molecule has 21 heavy (non-hydrogen) atoms. The van der Waals surface area contributed by atoms with Crippen LogP contribution in [0.3, 0.4) is 0 Å². The van der Waals surface area contributed by atoms with Crippen LogP contribution in [0.25, 0.3) is 11.8 Å². The Morgan fingerprint density at radius 2 is 1.90 bits per heavy atom. The molecule has 5 nitrogen and oxygen atoms in total. The van der Waals surface area contributed by atoms with E-state index in [0.29, 0.717) is 5.76 Å². The lowest BCUT2D eigenvalue weighted by atomic mass is 10.1. The van der Waals surface area contributed by atoms with Crippen LogP contribution in [-0.4, -0.2) is 12.0 Å². The molecule has 1 atom stereocenters. The van der Waals surface area contributed by atoms with Gasteiger partial charge in [-0.1, -0.05) is 24.3 Å². The van der Waals surface area contributed by atoms with E-state index >= 15 is 0 Å². The van der Waals surface area contributed by atoms with Crippen molar-refractivity contribution >= 4 is 17.5 Å². The lowest BCUT2D eigenvalue weighted by Crippen LogP contribution is -1.96.